The van der Waals surface area contributed by atoms with Crippen molar-refractivity contribution < 1.29 is 19.1 Å². The first kappa shape index (κ1) is 13.5. The maximum atomic E-state index is 11.8. The van der Waals surface area contributed by atoms with E-state index >= 15 is 0 Å². The summed E-state index contributed by atoms with van der Waals surface area (Å²) in [6.07, 6.45) is 0. The highest BCUT2D eigenvalue weighted by molar-refractivity contribution is 5.96. The quantitative estimate of drug-likeness (QED) is 0.600. The van der Waals surface area contributed by atoms with Crippen molar-refractivity contribution in [1.29, 1.82) is 0 Å². The van der Waals surface area contributed by atoms with Crippen LogP contribution in [0.3, 0.4) is 0 Å². The van der Waals surface area contributed by atoms with Gasteiger partial charge < -0.3 is 9.47 Å². The van der Waals surface area contributed by atoms with Crippen molar-refractivity contribution in [3.63, 3.8) is 0 Å². The number of hydroxylamine groups is 1. The van der Waals surface area contributed by atoms with E-state index in [9.17, 15) is 4.79 Å². The first-order chi connectivity index (χ1) is 8.19. The molecule has 0 unspecified atom stereocenters. The fourth-order valence-corrected chi connectivity index (χ4v) is 1.30. The molecule has 5 heteroatoms. The predicted octanol–water partition coefficient (Wildman–Crippen LogP) is 1.31. The molecule has 0 radical (unpaired) electrons. The van der Waals surface area contributed by atoms with Gasteiger partial charge in [0, 0.05) is 7.11 Å². The van der Waals surface area contributed by atoms with E-state index in [4.69, 9.17) is 14.3 Å². The summed E-state index contributed by atoms with van der Waals surface area (Å²) in [5.74, 6) is 0.185. The van der Waals surface area contributed by atoms with Gasteiger partial charge >= 0.3 is 0 Å². The lowest BCUT2D eigenvalue weighted by Crippen LogP contribution is -2.25. The summed E-state index contributed by atoms with van der Waals surface area (Å²) < 4.78 is 9.90. The number of rotatable bonds is 6. The lowest BCUT2D eigenvalue weighted by atomic mass is 10.1. The van der Waals surface area contributed by atoms with E-state index in [-0.39, 0.29) is 5.91 Å². The summed E-state index contributed by atoms with van der Waals surface area (Å²) in [7, 11) is 3.09. The topological polar surface area (TPSA) is 56.8 Å². The zero-order valence-electron chi connectivity index (χ0n) is 10.3. The van der Waals surface area contributed by atoms with Gasteiger partial charge in [-0.3, -0.25) is 9.63 Å². The Hall–Kier alpha value is -1.59. The number of aryl methyl sites for hydroxylation is 1. The number of ether oxygens (including phenoxy) is 2. The van der Waals surface area contributed by atoms with Crippen molar-refractivity contribution in [1.82, 2.24) is 5.48 Å². The van der Waals surface area contributed by atoms with Crippen LogP contribution in [0, 0.1) is 6.92 Å². The van der Waals surface area contributed by atoms with Gasteiger partial charge in [-0.1, -0.05) is 11.6 Å². The van der Waals surface area contributed by atoms with Crippen LogP contribution >= 0.6 is 0 Å². The molecule has 0 aromatic heterocycles. The van der Waals surface area contributed by atoms with Gasteiger partial charge in [0.2, 0.25) is 0 Å². The average molecular weight is 239 g/mol. The minimum absolute atomic E-state index is 0.302. The second kappa shape index (κ2) is 6.88. The van der Waals surface area contributed by atoms with E-state index in [1.807, 2.05) is 13.0 Å². The number of hydrogen-bond donors (Lipinski definition) is 1. The molecule has 1 rings (SSSR count). The summed E-state index contributed by atoms with van der Waals surface area (Å²) in [5.41, 5.74) is 3.77. The molecule has 1 aromatic rings. The van der Waals surface area contributed by atoms with Crippen molar-refractivity contribution in [3.05, 3.63) is 29.3 Å². The molecule has 0 aliphatic rings. The first-order valence-electron chi connectivity index (χ1n) is 5.24. The number of carbonyl (C=O) groups excluding carboxylic acids is 1. The van der Waals surface area contributed by atoms with E-state index < -0.39 is 0 Å². The smallest absolute Gasteiger partial charge is 0.278 e. The second-order valence-corrected chi connectivity index (χ2v) is 3.48. The van der Waals surface area contributed by atoms with Crippen LogP contribution in [0.4, 0.5) is 0 Å². The highest BCUT2D eigenvalue weighted by Gasteiger charge is 2.12. The lowest BCUT2D eigenvalue weighted by Gasteiger charge is -2.09. The van der Waals surface area contributed by atoms with Gasteiger partial charge in [0.15, 0.2) is 0 Å². The van der Waals surface area contributed by atoms with Gasteiger partial charge in [-0.15, -0.1) is 0 Å². The van der Waals surface area contributed by atoms with E-state index in [0.717, 1.165) is 5.56 Å². The van der Waals surface area contributed by atoms with Crippen LogP contribution in [0.5, 0.6) is 5.75 Å². The molecule has 0 fully saturated rings. The summed E-state index contributed by atoms with van der Waals surface area (Å²) >= 11 is 0. The second-order valence-electron chi connectivity index (χ2n) is 3.48. The van der Waals surface area contributed by atoms with Gasteiger partial charge in [-0.05, 0) is 19.1 Å². The predicted molar refractivity (Wildman–Crippen MR) is 63.0 cm³/mol. The van der Waals surface area contributed by atoms with E-state index in [1.165, 1.54) is 7.11 Å². The number of carbonyl (C=O) groups is 1. The van der Waals surface area contributed by atoms with Crippen molar-refractivity contribution in [2.24, 2.45) is 0 Å². The largest absolute Gasteiger partial charge is 0.496 e. The van der Waals surface area contributed by atoms with Crippen molar-refractivity contribution in [2.45, 2.75) is 6.92 Å². The van der Waals surface area contributed by atoms with Crippen LogP contribution in [0.1, 0.15) is 15.9 Å². The van der Waals surface area contributed by atoms with Gasteiger partial charge in [-0.25, -0.2) is 5.48 Å². The molecule has 0 aliphatic heterocycles. The van der Waals surface area contributed by atoms with E-state index in [2.05, 4.69) is 5.48 Å². The fraction of sp³-hybridized carbons (Fsp3) is 0.417. The van der Waals surface area contributed by atoms with Crippen LogP contribution in [0.15, 0.2) is 18.2 Å². The molecule has 17 heavy (non-hydrogen) atoms. The Morgan fingerprint density at radius 2 is 2.06 bits per heavy atom. The third kappa shape index (κ3) is 4.05. The summed E-state index contributed by atoms with van der Waals surface area (Å²) in [6.45, 7) is 2.63. The van der Waals surface area contributed by atoms with Gasteiger partial charge in [-0.2, -0.15) is 0 Å². The van der Waals surface area contributed by atoms with Crippen LogP contribution < -0.4 is 10.2 Å². The Balaban J connectivity index is 2.64. The Bertz CT molecular complexity index is 379. The molecule has 5 nitrogen and oxygen atoms in total. The van der Waals surface area contributed by atoms with Crippen molar-refractivity contribution >= 4 is 5.91 Å². The molecule has 1 N–H and O–H groups in total. The Labute approximate surface area is 101 Å². The lowest BCUT2D eigenvalue weighted by molar-refractivity contribution is 0.00873. The van der Waals surface area contributed by atoms with Crippen LogP contribution in [0.25, 0.3) is 0 Å². The number of benzene rings is 1. The highest BCUT2D eigenvalue weighted by atomic mass is 16.7. The minimum Gasteiger partial charge on any atom is -0.496 e. The van der Waals surface area contributed by atoms with Crippen LogP contribution in [0.2, 0.25) is 0 Å². The average Bonchev–Trinajstić information content (AvgIpc) is 2.34. The maximum absolute atomic E-state index is 11.8. The SMILES string of the molecule is COCCONC(=O)c1cc(C)ccc1OC. The molecule has 0 spiro atoms. The molecule has 0 heterocycles. The van der Waals surface area contributed by atoms with Gasteiger partial charge in [0.05, 0.1) is 25.9 Å². The molecule has 94 valence electrons. The molecule has 0 bridgehead atoms. The molecule has 0 atom stereocenters. The van der Waals surface area contributed by atoms with Gasteiger partial charge in [0.25, 0.3) is 5.91 Å². The first-order valence-corrected chi connectivity index (χ1v) is 5.24. The molecule has 0 aliphatic carbocycles. The Kier molecular flexibility index (Phi) is 5.45. The standard InChI is InChI=1S/C12H17NO4/c1-9-4-5-11(16-3)10(8-9)12(14)13-17-7-6-15-2/h4-5,8H,6-7H2,1-3H3,(H,13,14). The third-order valence-electron chi connectivity index (χ3n) is 2.15. The summed E-state index contributed by atoms with van der Waals surface area (Å²) in [4.78, 5) is 16.7. The Morgan fingerprint density at radius 1 is 1.29 bits per heavy atom. The summed E-state index contributed by atoms with van der Waals surface area (Å²) in [5, 5.41) is 0. The molecular weight excluding hydrogens is 222 g/mol. The monoisotopic (exact) mass is 239 g/mol. The van der Waals surface area contributed by atoms with Gasteiger partial charge in [0.1, 0.15) is 5.75 Å². The summed E-state index contributed by atoms with van der Waals surface area (Å²) in [6, 6.07) is 5.37. The number of nitrogens with one attached hydrogen (secondary N) is 1. The number of amides is 1. The zero-order valence-corrected chi connectivity index (χ0v) is 10.3. The van der Waals surface area contributed by atoms with Crippen LogP contribution in [-0.2, 0) is 9.57 Å². The van der Waals surface area contributed by atoms with Crippen molar-refractivity contribution in [3.8, 4) is 5.75 Å². The Morgan fingerprint density at radius 3 is 2.71 bits per heavy atom. The zero-order chi connectivity index (χ0) is 12.7. The molecular formula is C12H17NO4. The molecule has 0 saturated heterocycles. The van der Waals surface area contributed by atoms with E-state index in [0.29, 0.717) is 24.5 Å². The third-order valence-corrected chi connectivity index (χ3v) is 2.15. The molecule has 1 amide bonds. The number of methoxy groups -OCH3 is 2. The van der Waals surface area contributed by atoms with Crippen molar-refractivity contribution in [2.75, 3.05) is 27.4 Å². The minimum atomic E-state index is -0.332. The molecule has 1 aromatic carbocycles. The normalized spacial score (nSPS) is 10.1. The number of hydrogen-bond acceptors (Lipinski definition) is 4. The maximum Gasteiger partial charge on any atom is 0.278 e. The van der Waals surface area contributed by atoms with Crippen LogP contribution in [-0.4, -0.2) is 33.3 Å². The fourth-order valence-electron chi connectivity index (χ4n) is 1.30. The molecule has 0 saturated carbocycles. The van der Waals surface area contributed by atoms with E-state index in [1.54, 1.807) is 19.2 Å². The highest BCUT2D eigenvalue weighted by Crippen LogP contribution is 2.19.